The molecule has 1 fully saturated rings. The summed E-state index contributed by atoms with van der Waals surface area (Å²) in [5, 5.41) is 8.03. The molecule has 6 nitrogen and oxygen atoms in total. The number of hydrogen-bond donors (Lipinski definition) is 1. The summed E-state index contributed by atoms with van der Waals surface area (Å²) in [5.41, 5.74) is 5.09. The molecule has 0 spiro atoms. The molecule has 1 aliphatic heterocycles. The smallest absolute Gasteiger partial charge is 0.197 e. The summed E-state index contributed by atoms with van der Waals surface area (Å²) >= 11 is 0. The molecule has 0 unspecified atom stereocenters. The maximum atomic E-state index is 4.94. The highest BCUT2D eigenvalue weighted by atomic mass is 35.5. The molecule has 0 radical (unpaired) electrons. The van der Waals surface area contributed by atoms with Crippen molar-refractivity contribution in [1.82, 2.24) is 25.1 Å². The molecule has 0 amide bonds. The van der Waals surface area contributed by atoms with Gasteiger partial charge in [-0.05, 0) is 44.5 Å². The Bertz CT molecular complexity index is 898. The summed E-state index contributed by atoms with van der Waals surface area (Å²) in [7, 11) is 0. The van der Waals surface area contributed by atoms with E-state index < -0.39 is 0 Å². The summed E-state index contributed by atoms with van der Waals surface area (Å²) in [6, 6.07) is 8.29. The van der Waals surface area contributed by atoms with Crippen LogP contribution in [0.25, 0.3) is 16.9 Å². The number of anilines is 1. The standard InChI is InChI=1S/C18H22N6.ClH/c1-12-4-5-15-16(10-12)21-18(24-14(3)11-13(2)22-24)17(20-15)23-8-6-19-7-9-23;/h4-5,10-11,19H,6-9H2,1-3H3;1H. The minimum atomic E-state index is 0. The van der Waals surface area contributed by atoms with Crippen LogP contribution in [0, 0.1) is 20.8 Å². The van der Waals surface area contributed by atoms with Crippen LogP contribution < -0.4 is 10.2 Å². The van der Waals surface area contributed by atoms with Gasteiger partial charge in [-0.15, -0.1) is 12.4 Å². The molecule has 25 heavy (non-hydrogen) atoms. The topological polar surface area (TPSA) is 58.9 Å². The van der Waals surface area contributed by atoms with Crippen LogP contribution in [0.15, 0.2) is 24.3 Å². The number of aromatic nitrogens is 4. The highest BCUT2D eigenvalue weighted by molar-refractivity contribution is 5.85. The summed E-state index contributed by atoms with van der Waals surface area (Å²) < 4.78 is 1.92. The number of piperazine rings is 1. The van der Waals surface area contributed by atoms with E-state index in [9.17, 15) is 0 Å². The largest absolute Gasteiger partial charge is 0.351 e. The van der Waals surface area contributed by atoms with Gasteiger partial charge >= 0.3 is 0 Å². The van der Waals surface area contributed by atoms with E-state index in [1.54, 1.807) is 0 Å². The fourth-order valence-corrected chi connectivity index (χ4v) is 3.22. The van der Waals surface area contributed by atoms with Gasteiger partial charge in [0.25, 0.3) is 0 Å². The third-order valence-electron chi connectivity index (χ3n) is 4.41. The molecule has 0 bridgehead atoms. The first-order valence-electron chi connectivity index (χ1n) is 8.39. The summed E-state index contributed by atoms with van der Waals surface area (Å²) in [6.45, 7) is 9.93. The zero-order chi connectivity index (χ0) is 16.7. The average molecular weight is 359 g/mol. The first kappa shape index (κ1) is 17.6. The number of benzene rings is 1. The number of halogens is 1. The Balaban J connectivity index is 0.00000182. The van der Waals surface area contributed by atoms with E-state index in [1.165, 1.54) is 5.56 Å². The third kappa shape index (κ3) is 3.32. The van der Waals surface area contributed by atoms with Gasteiger partial charge in [0.2, 0.25) is 0 Å². The summed E-state index contributed by atoms with van der Waals surface area (Å²) in [6.07, 6.45) is 0. The van der Waals surface area contributed by atoms with E-state index in [0.29, 0.717) is 0 Å². The van der Waals surface area contributed by atoms with Crippen molar-refractivity contribution in [3.8, 4) is 5.82 Å². The summed E-state index contributed by atoms with van der Waals surface area (Å²) in [4.78, 5) is 12.2. The lowest BCUT2D eigenvalue weighted by molar-refractivity contribution is 0.582. The lowest BCUT2D eigenvalue weighted by atomic mass is 10.2. The number of nitrogens with one attached hydrogen (secondary N) is 1. The molecule has 7 heteroatoms. The van der Waals surface area contributed by atoms with Crippen LogP contribution in [0.1, 0.15) is 17.0 Å². The second kappa shape index (κ2) is 6.98. The molecule has 2 aromatic heterocycles. The Labute approximate surface area is 153 Å². The minimum Gasteiger partial charge on any atom is -0.351 e. The van der Waals surface area contributed by atoms with E-state index in [4.69, 9.17) is 9.97 Å². The first-order chi connectivity index (χ1) is 11.6. The lowest BCUT2D eigenvalue weighted by Crippen LogP contribution is -2.44. The van der Waals surface area contributed by atoms with Gasteiger partial charge in [0, 0.05) is 31.9 Å². The number of aryl methyl sites for hydroxylation is 3. The van der Waals surface area contributed by atoms with Gasteiger partial charge in [0.05, 0.1) is 16.7 Å². The van der Waals surface area contributed by atoms with Crippen molar-refractivity contribution < 1.29 is 0 Å². The molecule has 0 aliphatic carbocycles. The van der Waals surface area contributed by atoms with Gasteiger partial charge in [-0.1, -0.05) is 6.07 Å². The SMILES string of the molecule is Cc1ccc2nc(N3CCNCC3)c(-n3nc(C)cc3C)nc2c1.Cl. The fraction of sp³-hybridized carbons (Fsp3) is 0.389. The van der Waals surface area contributed by atoms with Crippen molar-refractivity contribution in [2.75, 3.05) is 31.1 Å². The molecule has 1 aliphatic rings. The molecule has 0 saturated carbocycles. The van der Waals surface area contributed by atoms with Crippen LogP contribution in [0.3, 0.4) is 0 Å². The van der Waals surface area contributed by atoms with Gasteiger partial charge in [-0.25, -0.2) is 14.6 Å². The van der Waals surface area contributed by atoms with E-state index in [0.717, 1.165) is 60.2 Å². The molecule has 1 saturated heterocycles. The predicted molar refractivity (Wildman–Crippen MR) is 103 cm³/mol. The number of nitrogens with zero attached hydrogens (tertiary/aromatic N) is 5. The van der Waals surface area contributed by atoms with Crippen LogP contribution in [-0.2, 0) is 0 Å². The number of rotatable bonds is 2. The molecule has 3 heterocycles. The van der Waals surface area contributed by atoms with Gasteiger partial charge in [0.1, 0.15) is 0 Å². The second-order valence-electron chi connectivity index (χ2n) is 6.44. The molecular formula is C18H23ClN6. The van der Waals surface area contributed by atoms with Crippen molar-refractivity contribution in [2.45, 2.75) is 20.8 Å². The van der Waals surface area contributed by atoms with E-state index in [1.807, 2.05) is 17.7 Å². The van der Waals surface area contributed by atoms with Gasteiger partial charge in [-0.3, -0.25) is 0 Å². The van der Waals surface area contributed by atoms with E-state index in [-0.39, 0.29) is 12.4 Å². The molecule has 1 N–H and O–H groups in total. The Kier molecular flexibility index (Phi) is 4.92. The average Bonchev–Trinajstić information content (AvgIpc) is 2.92. The van der Waals surface area contributed by atoms with Crippen molar-refractivity contribution in [3.63, 3.8) is 0 Å². The Morgan fingerprint density at radius 1 is 0.920 bits per heavy atom. The minimum absolute atomic E-state index is 0. The van der Waals surface area contributed by atoms with Crippen molar-refractivity contribution in [1.29, 1.82) is 0 Å². The molecule has 1 aromatic carbocycles. The highest BCUT2D eigenvalue weighted by Crippen LogP contribution is 2.25. The van der Waals surface area contributed by atoms with Gasteiger partial charge in [0.15, 0.2) is 11.6 Å². The highest BCUT2D eigenvalue weighted by Gasteiger charge is 2.21. The van der Waals surface area contributed by atoms with Crippen LogP contribution in [0.5, 0.6) is 0 Å². The van der Waals surface area contributed by atoms with Crippen LogP contribution in [0.2, 0.25) is 0 Å². The maximum absolute atomic E-state index is 4.94. The zero-order valence-electron chi connectivity index (χ0n) is 14.8. The van der Waals surface area contributed by atoms with Crippen LogP contribution in [0.4, 0.5) is 5.82 Å². The molecule has 3 aromatic rings. The Morgan fingerprint density at radius 3 is 2.32 bits per heavy atom. The van der Waals surface area contributed by atoms with Crippen LogP contribution >= 0.6 is 12.4 Å². The van der Waals surface area contributed by atoms with Gasteiger partial charge in [-0.2, -0.15) is 5.10 Å². The maximum Gasteiger partial charge on any atom is 0.197 e. The van der Waals surface area contributed by atoms with E-state index in [2.05, 4.69) is 47.4 Å². The number of hydrogen-bond acceptors (Lipinski definition) is 5. The lowest BCUT2D eigenvalue weighted by Gasteiger charge is -2.29. The van der Waals surface area contributed by atoms with E-state index >= 15 is 0 Å². The number of fused-ring (bicyclic) bond motifs is 1. The van der Waals surface area contributed by atoms with Crippen LogP contribution in [-0.4, -0.2) is 45.9 Å². The summed E-state index contributed by atoms with van der Waals surface area (Å²) in [5.74, 6) is 1.74. The van der Waals surface area contributed by atoms with Gasteiger partial charge < -0.3 is 10.2 Å². The predicted octanol–water partition coefficient (Wildman–Crippen LogP) is 2.57. The molecule has 0 atom stereocenters. The second-order valence-corrected chi connectivity index (χ2v) is 6.44. The fourth-order valence-electron chi connectivity index (χ4n) is 3.22. The quantitative estimate of drug-likeness (QED) is 0.763. The normalized spacial score (nSPS) is 14.6. The third-order valence-corrected chi connectivity index (χ3v) is 4.41. The monoisotopic (exact) mass is 358 g/mol. The molecule has 4 rings (SSSR count). The molecular weight excluding hydrogens is 336 g/mol. The molecule has 132 valence electrons. The zero-order valence-corrected chi connectivity index (χ0v) is 15.6. The van der Waals surface area contributed by atoms with Crippen molar-refractivity contribution in [3.05, 3.63) is 41.2 Å². The first-order valence-corrected chi connectivity index (χ1v) is 8.39. The Hall–Kier alpha value is -2.18. The Morgan fingerprint density at radius 2 is 1.64 bits per heavy atom. The van der Waals surface area contributed by atoms with Crippen molar-refractivity contribution in [2.24, 2.45) is 0 Å². The van der Waals surface area contributed by atoms with Crippen molar-refractivity contribution >= 4 is 29.3 Å².